The molecular weight excluding hydrogens is 219 g/mol. The number of benzene rings is 1. The largest absolute Gasteiger partial charge is 0.392 e. The van der Waals surface area contributed by atoms with Crippen molar-refractivity contribution in [2.24, 2.45) is 0 Å². The summed E-state index contributed by atoms with van der Waals surface area (Å²) in [7, 11) is 0. The van der Waals surface area contributed by atoms with Gasteiger partial charge in [-0.15, -0.1) is 0 Å². The van der Waals surface area contributed by atoms with Gasteiger partial charge in [-0.1, -0.05) is 24.3 Å². The molecule has 88 valence electrons. The van der Waals surface area contributed by atoms with Gasteiger partial charge in [-0.2, -0.15) is 4.39 Å². The second-order valence-electron chi connectivity index (χ2n) is 3.70. The number of halogens is 1. The Morgan fingerprint density at radius 2 is 2.00 bits per heavy atom. The van der Waals surface area contributed by atoms with Crippen molar-refractivity contribution in [3.8, 4) is 0 Å². The number of anilines is 1. The van der Waals surface area contributed by atoms with Gasteiger partial charge in [0.1, 0.15) is 0 Å². The van der Waals surface area contributed by atoms with E-state index in [0.29, 0.717) is 12.2 Å². The van der Waals surface area contributed by atoms with Gasteiger partial charge in [0, 0.05) is 24.5 Å². The lowest BCUT2D eigenvalue weighted by molar-refractivity contribution is 0.281. The molecule has 1 aromatic heterocycles. The number of nitrogens with zero attached hydrogens (tertiary/aromatic N) is 1. The summed E-state index contributed by atoms with van der Waals surface area (Å²) in [4.78, 5) is 3.48. The van der Waals surface area contributed by atoms with Crippen LogP contribution in [0.1, 0.15) is 11.1 Å². The van der Waals surface area contributed by atoms with Gasteiger partial charge >= 0.3 is 0 Å². The SMILES string of the molecule is OCc1cccc(CNc2ccnc(F)c2)c1. The fourth-order valence-electron chi connectivity index (χ4n) is 1.55. The molecule has 4 heteroatoms. The summed E-state index contributed by atoms with van der Waals surface area (Å²) in [5, 5.41) is 12.1. The zero-order valence-electron chi connectivity index (χ0n) is 9.23. The molecule has 0 aliphatic rings. The molecule has 2 aromatic rings. The van der Waals surface area contributed by atoms with Crippen LogP contribution in [-0.2, 0) is 13.2 Å². The van der Waals surface area contributed by atoms with Crippen molar-refractivity contribution in [2.75, 3.05) is 5.32 Å². The lowest BCUT2D eigenvalue weighted by Gasteiger charge is -2.07. The number of aliphatic hydroxyl groups is 1. The summed E-state index contributed by atoms with van der Waals surface area (Å²) in [6.45, 7) is 0.606. The van der Waals surface area contributed by atoms with Crippen LogP contribution in [0.25, 0.3) is 0 Å². The standard InChI is InChI=1S/C13H13FN2O/c14-13-7-12(4-5-15-13)16-8-10-2-1-3-11(6-10)9-17/h1-7,17H,8-9H2,(H,15,16). The fourth-order valence-corrected chi connectivity index (χ4v) is 1.55. The first-order valence-corrected chi connectivity index (χ1v) is 5.32. The van der Waals surface area contributed by atoms with E-state index in [-0.39, 0.29) is 6.61 Å². The highest BCUT2D eigenvalue weighted by Crippen LogP contribution is 2.10. The maximum absolute atomic E-state index is 12.8. The van der Waals surface area contributed by atoms with Crippen molar-refractivity contribution in [2.45, 2.75) is 13.2 Å². The van der Waals surface area contributed by atoms with E-state index >= 15 is 0 Å². The van der Waals surface area contributed by atoms with Crippen molar-refractivity contribution in [1.82, 2.24) is 4.98 Å². The predicted octanol–water partition coefficient (Wildman–Crippen LogP) is 2.33. The topological polar surface area (TPSA) is 45.1 Å². The molecule has 17 heavy (non-hydrogen) atoms. The van der Waals surface area contributed by atoms with Gasteiger partial charge in [-0.3, -0.25) is 0 Å². The lowest BCUT2D eigenvalue weighted by atomic mass is 10.1. The lowest BCUT2D eigenvalue weighted by Crippen LogP contribution is -2.00. The Morgan fingerprint density at radius 1 is 1.18 bits per heavy atom. The van der Waals surface area contributed by atoms with E-state index in [4.69, 9.17) is 5.11 Å². The number of pyridine rings is 1. The smallest absolute Gasteiger partial charge is 0.214 e. The summed E-state index contributed by atoms with van der Waals surface area (Å²) in [6.07, 6.45) is 1.42. The molecule has 0 atom stereocenters. The van der Waals surface area contributed by atoms with Crippen LogP contribution < -0.4 is 5.32 Å². The van der Waals surface area contributed by atoms with Crippen LogP contribution in [0.5, 0.6) is 0 Å². The first-order valence-electron chi connectivity index (χ1n) is 5.32. The van der Waals surface area contributed by atoms with Gasteiger partial charge in [0.05, 0.1) is 6.61 Å². The molecule has 0 saturated heterocycles. The Balaban J connectivity index is 2.02. The van der Waals surface area contributed by atoms with Crippen molar-refractivity contribution in [1.29, 1.82) is 0 Å². The molecule has 0 fully saturated rings. The predicted molar refractivity (Wildman–Crippen MR) is 63.9 cm³/mol. The third-order valence-corrected chi connectivity index (χ3v) is 2.40. The van der Waals surface area contributed by atoms with Crippen molar-refractivity contribution >= 4 is 5.69 Å². The third kappa shape index (κ3) is 3.26. The zero-order valence-corrected chi connectivity index (χ0v) is 9.23. The number of hydrogen-bond donors (Lipinski definition) is 2. The number of rotatable bonds is 4. The highest BCUT2D eigenvalue weighted by Gasteiger charge is 1.97. The van der Waals surface area contributed by atoms with Gasteiger partial charge in [0.2, 0.25) is 5.95 Å². The molecule has 1 aromatic carbocycles. The van der Waals surface area contributed by atoms with Crippen LogP contribution in [0, 0.1) is 5.95 Å². The minimum absolute atomic E-state index is 0.0255. The van der Waals surface area contributed by atoms with E-state index in [9.17, 15) is 4.39 Å². The normalized spacial score (nSPS) is 10.2. The second kappa shape index (κ2) is 5.41. The van der Waals surface area contributed by atoms with Crippen LogP contribution in [0.4, 0.5) is 10.1 Å². The first-order chi connectivity index (χ1) is 8.28. The molecule has 0 saturated carbocycles. The van der Waals surface area contributed by atoms with Gasteiger partial charge < -0.3 is 10.4 Å². The summed E-state index contributed by atoms with van der Waals surface area (Å²) >= 11 is 0. The average molecular weight is 232 g/mol. The minimum atomic E-state index is -0.501. The van der Waals surface area contributed by atoms with Crippen molar-refractivity contribution in [3.63, 3.8) is 0 Å². The fraction of sp³-hybridized carbons (Fsp3) is 0.154. The highest BCUT2D eigenvalue weighted by atomic mass is 19.1. The third-order valence-electron chi connectivity index (χ3n) is 2.40. The number of hydrogen-bond acceptors (Lipinski definition) is 3. The van der Waals surface area contributed by atoms with Gasteiger partial charge in [0.15, 0.2) is 0 Å². The highest BCUT2D eigenvalue weighted by molar-refractivity contribution is 5.42. The average Bonchev–Trinajstić information content (AvgIpc) is 2.37. The van der Waals surface area contributed by atoms with E-state index in [1.807, 2.05) is 24.3 Å². The molecular formula is C13H13FN2O. The van der Waals surface area contributed by atoms with Crippen molar-refractivity contribution < 1.29 is 9.50 Å². The van der Waals surface area contributed by atoms with Crippen LogP contribution in [0.3, 0.4) is 0 Å². The van der Waals surface area contributed by atoms with Gasteiger partial charge in [-0.05, 0) is 17.2 Å². The Hall–Kier alpha value is -1.94. The molecule has 2 rings (SSSR count). The molecule has 0 spiro atoms. The molecule has 0 radical (unpaired) electrons. The summed E-state index contributed by atoms with van der Waals surface area (Å²) in [5.74, 6) is -0.501. The van der Waals surface area contributed by atoms with E-state index in [1.54, 1.807) is 6.07 Å². The molecule has 0 bridgehead atoms. The van der Waals surface area contributed by atoms with Crippen LogP contribution in [0.2, 0.25) is 0 Å². The number of aliphatic hydroxyl groups excluding tert-OH is 1. The Bertz CT molecular complexity index is 502. The first kappa shape index (κ1) is 11.5. The molecule has 2 N–H and O–H groups in total. The Kier molecular flexibility index (Phi) is 3.67. The number of aromatic nitrogens is 1. The van der Waals surface area contributed by atoms with E-state index < -0.39 is 5.95 Å². The van der Waals surface area contributed by atoms with E-state index in [2.05, 4.69) is 10.3 Å². The van der Waals surface area contributed by atoms with Crippen LogP contribution in [0.15, 0.2) is 42.6 Å². The van der Waals surface area contributed by atoms with Crippen LogP contribution in [-0.4, -0.2) is 10.1 Å². The molecule has 0 aliphatic heterocycles. The van der Waals surface area contributed by atoms with Gasteiger partial charge in [-0.25, -0.2) is 4.98 Å². The monoisotopic (exact) mass is 232 g/mol. The molecule has 0 aliphatic carbocycles. The van der Waals surface area contributed by atoms with E-state index in [0.717, 1.165) is 11.1 Å². The molecule has 1 heterocycles. The maximum Gasteiger partial charge on any atom is 0.214 e. The summed E-state index contributed by atoms with van der Waals surface area (Å²) in [6, 6.07) is 10.6. The number of nitrogens with one attached hydrogen (secondary N) is 1. The Morgan fingerprint density at radius 3 is 2.76 bits per heavy atom. The molecule has 0 amide bonds. The minimum Gasteiger partial charge on any atom is -0.392 e. The van der Waals surface area contributed by atoms with Crippen LogP contribution >= 0.6 is 0 Å². The van der Waals surface area contributed by atoms with Crippen molar-refractivity contribution in [3.05, 3.63) is 59.7 Å². The molecule has 0 unspecified atom stereocenters. The van der Waals surface area contributed by atoms with Gasteiger partial charge in [0.25, 0.3) is 0 Å². The quantitative estimate of drug-likeness (QED) is 0.795. The molecule has 3 nitrogen and oxygen atoms in total. The maximum atomic E-state index is 12.8. The zero-order chi connectivity index (χ0) is 12.1. The Labute approximate surface area is 98.9 Å². The summed E-state index contributed by atoms with van der Waals surface area (Å²) < 4.78 is 12.8. The summed E-state index contributed by atoms with van der Waals surface area (Å²) in [5.41, 5.74) is 2.59. The second-order valence-corrected chi connectivity index (χ2v) is 3.70. The van der Waals surface area contributed by atoms with E-state index in [1.165, 1.54) is 12.3 Å².